The molecule has 6 rings (SSSR count). The van der Waals surface area contributed by atoms with Crippen LogP contribution >= 0.6 is 0 Å². The molecule has 292 valence electrons. The number of nitrogens with one attached hydrogen (secondary N) is 4. The van der Waals surface area contributed by atoms with Gasteiger partial charge >= 0.3 is 6.03 Å². The van der Waals surface area contributed by atoms with Crippen molar-refractivity contribution in [3.8, 4) is 0 Å². The number of carbonyl (C=O) groups excluding carboxylic acids is 5. The van der Waals surface area contributed by atoms with Gasteiger partial charge in [-0.25, -0.2) is 17.5 Å². The Morgan fingerprint density at radius 1 is 0.962 bits per heavy atom. The average molecular weight is 755 g/mol. The molecule has 0 radical (unpaired) electrons. The SMILES string of the molecule is CCS(=O)(=O)N(C)C[C@@H](NC(=O)N[C@H](C(=O)N1C[C@H]2[C@@H]([C@H]1C(=O)NC(CC1CC1)C(=O)C(=O)NC1CC1)C2(C)C)C1Cc2ccccc2C1)C(C)(C)C. The van der Waals surface area contributed by atoms with Crippen molar-refractivity contribution in [1.82, 2.24) is 30.5 Å². The number of likely N-dealkylation sites (tertiary alicyclic amines) is 1. The highest BCUT2D eigenvalue weighted by molar-refractivity contribution is 7.89. The minimum Gasteiger partial charge on any atom is -0.347 e. The van der Waals surface area contributed by atoms with Gasteiger partial charge < -0.3 is 26.2 Å². The van der Waals surface area contributed by atoms with E-state index in [1.54, 1.807) is 11.8 Å². The van der Waals surface area contributed by atoms with Crippen LogP contribution < -0.4 is 21.3 Å². The van der Waals surface area contributed by atoms with Crippen molar-refractivity contribution in [2.75, 3.05) is 25.9 Å². The van der Waals surface area contributed by atoms with E-state index in [1.807, 2.05) is 45.0 Å². The minimum absolute atomic E-state index is 0.00650. The second kappa shape index (κ2) is 14.6. The molecule has 14 heteroatoms. The summed E-state index contributed by atoms with van der Waals surface area (Å²) in [4.78, 5) is 70.9. The maximum atomic E-state index is 14.9. The van der Waals surface area contributed by atoms with Crippen LogP contribution in [0.25, 0.3) is 0 Å². The standard InChI is InChI=1S/C39H58N6O7S/c1-8-53(51,52)44(7)21-29(38(2,3)4)42-37(50)43-31(25-18-23-11-9-10-12-24(23)19-25)36(49)45-20-27-30(39(27,5)6)32(45)34(47)41-28(17-22-13-14-22)33(46)35(48)40-26-15-16-26/h9-12,22,25-32H,8,13-21H2,1-7H3,(H,40,48)(H,41,47)(H2,42,43,50)/t27-,28?,29+,30-,31-,32-/m0/s1. The van der Waals surface area contributed by atoms with Crippen LogP contribution in [0.5, 0.6) is 0 Å². The van der Waals surface area contributed by atoms with Crippen LogP contribution in [0.3, 0.4) is 0 Å². The third kappa shape index (κ3) is 8.58. The van der Waals surface area contributed by atoms with Crippen molar-refractivity contribution in [2.45, 2.75) is 117 Å². The van der Waals surface area contributed by atoms with Crippen molar-refractivity contribution < 1.29 is 32.4 Å². The Labute approximate surface area is 314 Å². The van der Waals surface area contributed by atoms with Gasteiger partial charge in [0.05, 0.1) is 11.8 Å². The van der Waals surface area contributed by atoms with Crippen LogP contribution in [0, 0.1) is 34.5 Å². The molecule has 1 aliphatic heterocycles. The van der Waals surface area contributed by atoms with E-state index < -0.39 is 63.2 Å². The van der Waals surface area contributed by atoms with Crippen molar-refractivity contribution >= 4 is 39.6 Å². The van der Waals surface area contributed by atoms with Crippen molar-refractivity contribution in [1.29, 1.82) is 0 Å². The first-order valence-electron chi connectivity index (χ1n) is 19.3. The van der Waals surface area contributed by atoms with Gasteiger partial charge in [-0.2, -0.15) is 0 Å². The number of hydrogen-bond donors (Lipinski definition) is 4. The third-order valence-corrected chi connectivity index (χ3v) is 14.4. The zero-order valence-corrected chi connectivity index (χ0v) is 33.1. The number of hydrogen-bond acceptors (Lipinski definition) is 7. The molecule has 5 aliphatic rings. The summed E-state index contributed by atoms with van der Waals surface area (Å²) in [6, 6.07) is 3.96. The van der Waals surface area contributed by atoms with Crippen LogP contribution in [0.1, 0.15) is 84.8 Å². The summed E-state index contributed by atoms with van der Waals surface area (Å²) in [6.07, 6.45) is 5.06. The molecular weight excluding hydrogens is 697 g/mol. The quantitative estimate of drug-likeness (QED) is 0.199. The maximum Gasteiger partial charge on any atom is 0.315 e. The van der Waals surface area contributed by atoms with E-state index in [-0.39, 0.29) is 53.3 Å². The van der Waals surface area contributed by atoms with E-state index in [4.69, 9.17) is 0 Å². The summed E-state index contributed by atoms with van der Waals surface area (Å²) in [5, 5.41) is 11.7. The molecule has 1 heterocycles. The first-order chi connectivity index (χ1) is 24.8. The lowest BCUT2D eigenvalue weighted by atomic mass is 9.86. The molecule has 1 unspecified atom stereocenters. The molecule has 1 aromatic rings. The molecule has 13 nitrogen and oxygen atoms in total. The Kier molecular flexibility index (Phi) is 10.8. The number of nitrogens with zero attached hydrogens (tertiary/aromatic N) is 2. The molecule has 0 spiro atoms. The fraction of sp³-hybridized carbons (Fsp3) is 0.718. The predicted octanol–water partition coefficient (Wildman–Crippen LogP) is 2.38. The molecule has 1 aromatic carbocycles. The molecule has 53 heavy (non-hydrogen) atoms. The first kappa shape index (κ1) is 39.2. The second-order valence-corrected chi connectivity index (χ2v) is 20.2. The van der Waals surface area contributed by atoms with Crippen LogP contribution in [0.4, 0.5) is 4.79 Å². The molecule has 1 saturated heterocycles. The summed E-state index contributed by atoms with van der Waals surface area (Å²) in [7, 11) is -2.02. The lowest BCUT2D eigenvalue weighted by Gasteiger charge is -2.37. The number of carbonyl (C=O) groups is 5. The molecule has 5 amide bonds. The number of sulfonamides is 1. The molecule has 4 aliphatic carbocycles. The number of rotatable bonds is 15. The Hall–Kier alpha value is -3.52. The third-order valence-electron chi connectivity index (χ3n) is 12.5. The Bertz CT molecular complexity index is 1710. The summed E-state index contributed by atoms with van der Waals surface area (Å²) < 4.78 is 26.5. The smallest absolute Gasteiger partial charge is 0.315 e. The number of fused-ring (bicyclic) bond motifs is 2. The summed E-state index contributed by atoms with van der Waals surface area (Å²) in [6.45, 7) is 11.9. The Morgan fingerprint density at radius 3 is 2.13 bits per heavy atom. The van der Waals surface area contributed by atoms with Crippen molar-refractivity contribution in [2.24, 2.45) is 34.5 Å². The van der Waals surface area contributed by atoms with E-state index in [0.29, 0.717) is 25.8 Å². The van der Waals surface area contributed by atoms with Gasteiger partial charge in [0.2, 0.25) is 27.6 Å². The molecule has 6 atom stereocenters. The van der Waals surface area contributed by atoms with Gasteiger partial charge in [-0.15, -0.1) is 0 Å². The van der Waals surface area contributed by atoms with Crippen LogP contribution in [-0.4, -0.2) is 103 Å². The second-order valence-electron chi connectivity index (χ2n) is 17.9. The highest BCUT2D eigenvalue weighted by Crippen LogP contribution is 2.65. The first-order valence-corrected chi connectivity index (χ1v) is 21.0. The van der Waals surface area contributed by atoms with Crippen LogP contribution in [0.2, 0.25) is 0 Å². The number of ketones is 1. The van der Waals surface area contributed by atoms with Crippen molar-refractivity contribution in [3.63, 3.8) is 0 Å². The number of benzene rings is 1. The number of likely N-dealkylation sites (N-methyl/N-ethyl adjacent to an activating group) is 1. The average Bonchev–Trinajstić information content (AvgIpc) is 4.05. The number of amides is 5. The van der Waals surface area contributed by atoms with Gasteiger partial charge in [0, 0.05) is 32.2 Å². The molecule has 0 bridgehead atoms. The van der Waals surface area contributed by atoms with Crippen LogP contribution in [-0.2, 0) is 42.0 Å². The number of piperidine rings is 1. The maximum absolute atomic E-state index is 14.9. The molecule has 0 aromatic heterocycles. The topological polar surface area (TPSA) is 174 Å². The largest absolute Gasteiger partial charge is 0.347 e. The summed E-state index contributed by atoms with van der Waals surface area (Å²) >= 11 is 0. The zero-order valence-electron chi connectivity index (χ0n) is 32.2. The highest BCUT2D eigenvalue weighted by atomic mass is 32.2. The molecule has 3 saturated carbocycles. The fourth-order valence-corrected chi connectivity index (χ4v) is 9.30. The van der Waals surface area contributed by atoms with Gasteiger partial charge in [0.1, 0.15) is 12.1 Å². The zero-order chi connectivity index (χ0) is 38.6. The molecule has 4 N–H and O–H groups in total. The van der Waals surface area contributed by atoms with Gasteiger partial charge in [-0.3, -0.25) is 19.2 Å². The molecular formula is C39H58N6O7S. The van der Waals surface area contributed by atoms with Gasteiger partial charge in [0.15, 0.2) is 0 Å². The van der Waals surface area contributed by atoms with E-state index in [9.17, 15) is 32.4 Å². The van der Waals surface area contributed by atoms with E-state index in [2.05, 4.69) is 35.1 Å². The Balaban J connectivity index is 1.24. The summed E-state index contributed by atoms with van der Waals surface area (Å²) in [5.74, 6) is -2.30. The lowest BCUT2D eigenvalue weighted by molar-refractivity contribution is -0.144. The number of Topliss-reactive ketones (excluding diaryl/α,β-unsaturated/α-hetero) is 1. The molecule has 4 fully saturated rings. The highest BCUT2D eigenvalue weighted by Gasteiger charge is 2.70. The number of urea groups is 1. The summed E-state index contributed by atoms with van der Waals surface area (Å²) in [5.41, 5.74) is 1.48. The van der Waals surface area contributed by atoms with E-state index in [1.165, 1.54) is 11.4 Å². The Morgan fingerprint density at radius 2 is 1.58 bits per heavy atom. The van der Waals surface area contributed by atoms with E-state index >= 15 is 0 Å². The monoisotopic (exact) mass is 754 g/mol. The lowest BCUT2D eigenvalue weighted by Crippen LogP contribution is -2.62. The minimum atomic E-state index is -3.51. The van der Waals surface area contributed by atoms with Gasteiger partial charge in [-0.1, -0.05) is 71.7 Å². The van der Waals surface area contributed by atoms with Crippen LogP contribution in [0.15, 0.2) is 24.3 Å². The van der Waals surface area contributed by atoms with Gasteiger partial charge in [0.25, 0.3) is 5.91 Å². The van der Waals surface area contributed by atoms with Crippen molar-refractivity contribution in [3.05, 3.63) is 35.4 Å². The van der Waals surface area contributed by atoms with Gasteiger partial charge in [-0.05, 0) is 84.7 Å². The normalized spacial score (nSPS) is 25.1. The fourth-order valence-electron chi connectivity index (χ4n) is 8.49. The predicted molar refractivity (Wildman–Crippen MR) is 200 cm³/mol. The van der Waals surface area contributed by atoms with E-state index in [0.717, 1.165) is 36.8 Å².